The molecule has 2 aromatic rings. The number of benzene rings is 2. The Labute approximate surface area is 138 Å². The number of urea groups is 1. The van der Waals surface area contributed by atoms with Crippen molar-refractivity contribution in [3.63, 3.8) is 0 Å². The first-order chi connectivity index (χ1) is 11.0. The van der Waals surface area contributed by atoms with E-state index in [2.05, 4.69) is 50.4 Å². The van der Waals surface area contributed by atoms with Crippen molar-refractivity contribution in [3.05, 3.63) is 64.7 Å². The topological polar surface area (TPSA) is 32.3 Å². The lowest BCUT2D eigenvalue weighted by atomic mass is 9.98. The van der Waals surface area contributed by atoms with Crippen molar-refractivity contribution in [1.82, 2.24) is 4.90 Å². The maximum absolute atomic E-state index is 12.5. The number of likely N-dealkylation sites (tertiary alicyclic amines) is 1. The fourth-order valence-electron chi connectivity index (χ4n) is 3.08. The maximum atomic E-state index is 12.5. The molecule has 120 valence electrons. The van der Waals surface area contributed by atoms with Gasteiger partial charge in [0.1, 0.15) is 0 Å². The van der Waals surface area contributed by atoms with E-state index in [9.17, 15) is 4.79 Å². The van der Waals surface area contributed by atoms with Gasteiger partial charge in [-0.3, -0.25) is 0 Å². The zero-order valence-electron chi connectivity index (χ0n) is 14.1. The Morgan fingerprint density at radius 1 is 1.04 bits per heavy atom. The summed E-state index contributed by atoms with van der Waals surface area (Å²) in [6.45, 7) is 7.85. The van der Waals surface area contributed by atoms with Crippen molar-refractivity contribution in [1.29, 1.82) is 0 Å². The van der Waals surface area contributed by atoms with Crippen LogP contribution in [-0.4, -0.2) is 24.0 Å². The van der Waals surface area contributed by atoms with Gasteiger partial charge < -0.3 is 10.2 Å². The van der Waals surface area contributed by atoms with Crippen LogP contribution < -0.4 is 5.32 Å². The second kappa shape index (κ2) is 6.45. The van der Waals surface area contributed by atoms with Gasteiger partial charge in [0.15, 0.2) is 0 Å². The van der Waals surface area contributed by atoms with E-state index in [1.165, 1.54) is 22.3 Å². The summed E-state index contributed by atoms with van der Waals surface area (Å²) < 4.78 is 0. The predicted molar refractivity (Wildman–Crippen MR) is 95.0 cm³/mol. The van der Waals surface area contributed by atoms with Crippen molar-refractivity contribution >= 4 is 11.7 Å². The Balaban J connectivity index is 1.63. The Kier molecular flexibility index (Phi) is 4.37. The molecule has 0 radical (unpaired) electrons. The highest BCUT2D eigenvalue weighted by molar-refractivity contribution is 5.89. The average molecular weight is 308 g/mol. The molecule has 3 rings (SSSR count). The van der Waals surface area contributed by atoms with Crippen molar-refractivity contribution < 1.29 is 4.79 Å². The molecule has 2 amide bonds. The molecule has 0 bridgehead atoms. The second-order valence-electron chi connectivity index (χ2n) is 6.57. The molecule has 1 aliphatic heterocycles. The summed E-state index contributed by atoms with van der Waals surface area (Å²) in [5.74, 6) is 0.445. The monoisotopic (exact) mass is 308 g/mol. The fourth-order valence-corrected chi connectivity index (χ4v) is 3.08. The Bertz CT molecular complexity index is 706. The van der Waals surface area contributed by atoms with E-state index >= 15 is 0 Å². The van der Waals surface area contributed by atoms with Crippen LogP contribution in [0.4, 0.5) is 10.5 Å². The van der Waals surface area contributed by atoms with Crippen LogP contribution in [0.3, 0.4) is 0 Å². The third kappa shape index (κ3) is 3.55. The Morgan fingerprint density at radius 3 is 2.48 bits per heavy atom. The van der Waals surface area contributed by atoms with E-state index in [4.69, 9.17) is 0 Å². The molecular formula is C20H24N2O. The maximum Gasteiger partial charge on any atom is 0.321 e. The molecule has 2 aromatic carbocycles. The third-order valence-electron chi connectivity index (χ3n) is 4.78. The second-order valence-corrected chi connectivity index (χ2v) is 6.57. The van der Waals surface area contributed by atoms with Crippen molar-refractivity contribution in [2.45, 2.75) is 33.1 Å². The van der Waals surface area contributed by atoms with Gasteiger partial charge in [-0.15, -0.1) is 0 Å². The van der Waals surface area contributed by atoms with Crippen LogP contribution in [0.5, 0.6) is 0 Å². The SMILES string of the molecule is Cc1ccc(C2CCN(C(=O)Nc3ccc(C)c(C)c3)C2)cc1. The number of aryl methyl sites for hydroxylation is 3. The van der Waals surface area contributed by atoms with Gasteiger partial charge in [-0.05, 0) is 56.0 Å². The summed E-state index contributed by atoms with van der Waals surface area (Å²) in [7, 11) is 0. The number of amides is 2. The molecule has 23 heavy (non-hydrogen) atoms. The normalized spacial score (nSPS) is 17.3. The molecule has 1 fully saturated rings. The molecule has 1 N–H and O–H groups in total. The first kappa shape index (κ1) is 15.6. The molecule has 0 aliphatic carbocycles. The number of carbonyl (C=O) groups is 1. The van der Waals surface area contributed by atoms with E-state index in [-0.39, 0.29) is 6.03 Å². The quantitative estimate of drug-likeness (QED) is 0.861. The molecule has 3 nitrogen and oxygen atoms in total. The van der Waals surface area contributed by atoms with E-state index in [1.807, 2.05) is 23.1 Å². The molecule has 1 aliphatic rings. The lowest BCUT2D eigenvalue weighted by molar-refractivity contribution is 0.222. The summed E-state index contributed by atoms with van der Waals surface area (Å²) in [6, 6.07) is 14.7. The zero-order chi connectivity index (χ0) is 16.4. The van der Waals surface area contributed by atoms with Crippen LogP contribution in [0.15, 0.2) is 42.5 Å². The van der Waals surface area contributed by atoms with Gasteiger partial charge in [-0.2, -0.15) is 0 Å². The third-order valence-corrected chi connectivity index (χ3v) is 4.78. The van der Waals surface area contributed by atoms with Gasteiger partial charge in [0, 0.05) is 24.7 Å². The molecule has 1 heterocycles. The fraction of sp³-hybridized carbons (Fsp3) is 0.350. The number of anilines is 1. The van der Waals surface area contributed by atoms with Crippen LogP contribution >= 0.6 is 0 Å². The van der Waals surface area contributed by atoms with E-state index < -0.39 is 0 Å². The van der Waals surface area contributed by atoms with Crippen LogP contribution in [0.25, 0.3) is 0 Å². The van der Waals surface area contributed by atoms with Gasteiger partial charge in [0.25, 0.3) is 0 Å². The zero-order valence-corrected chi connectivity index (χ0v) is 14.1. The highest BCUT2D eigenvalue weighted by Gasteiger charge is 2.27. The lowest BCUT2D eigenvalue weighted by Crippen LogP contribution is -2.32. The van der Waals surface area contributed by atoms with Gasteiger partial charge >= 0.3 is 6.03 Å². The van der Waals surface area contributed by atoms with E-state index in [0.29, 0.717) is 5.92 Å². The highest BCUT2D eigenvalue weighted by atomic mass is 16.2. The molecule has 0 aromatic heterocycles. The minimum atomic E-state index is 0.00265. The predicted octanol–water partition coefficient (Wildman–Crippen LogP) is 4.63. The highest BCUT2D eigenvalue weighted by Crippen LogP contribution is 2.28. The summed E-state index contributed by atoms with van der Waals surface area (Å²) in [5.41, 5.74) is 5.91. The smallest absolute Gasteiger partial charge is 0.321 e. The summed E-state index contributed by atoms with van der Waals surface area (Å²) in [4.78, 5) is 14.4. The largest absolute Gasteiger partial charge is 0.324 e. The van der Waals surface area contributed by atoms with Crippen molar-refractivity contribution in [2.24, 2.45) is 0 Å². The number of carbonyl (C=O) groups excluding carboxylic acids is 1. The minimum absolute atomic E-state index is 0.00265. The summed E-state index contributed by atoms with van der Waals surface area (Å²) >= 11 is 0. The number of nitrogens with zero attached hydrogens (tertiary/aromatic N) is 1. The first-order valence-electron chi connectivity index (χ1n) is 8.22. The van der Waals surface area contributed by atoms with Crippen LogP contribution in [0, 0.1) is 20.8 Å². The Morgan fingerprint density at radius 2 is 1.78 bits per heavy atom. The Hall–Kier alpha value is -2.29. The molecule has 1 unspecified atom stereocenters. The van der Waals surface area contributed by atoms with Gasteiger partial charge in [-0.25, -0.2) is 4.79 Å². The van der Waals surface area contributed by atoms with Crippen LogP contribution in [0.1, 0.15) is 34.6 Å². The average Bonchev–Trinajstić information content (AvgIpc) is 3.02. The number of nitrogens with one attached hydrogen (secondary N) is 1. The number of hydrogen-bond donors (Lipinski definition) is 1. The number of hydrogen-bond acceptors (Lipinski definition) is 1. The van der Waals surface area contributed by atoms with Crippen molar-refractivity contribution in [3.8, 4) is 0 Å². The van der Waals surface area contributed by atoms with Gasteiger partial charge in [0.05, 0.1) is 0 Å². The van der Waals surface area contributed by atoms with Gasteiger partial charge in [0.2, 0.25) is 0 Å². The molecule has 1 saturated heterocycles. The molecule has 1 atom stereocenters. The van der Waals surface area contributed by atoms with E-state index in [0.717, 1.165) is 25.2 Å². The standard InChI is InChI=1S/C20H24N2O/c1-14-4-7-17(8-5-14)18-10-11-22(13-18)20(23)21-19-9-6-15(2)16(3)12-19/h4-9,12,18H,10-11,13H2,1-3H3,(H,21,23). The molecule has 0 spiro atoms. The lowest BCUT2D eigenvalue weighted by Gasteiger charge is -2.18. The van der Waals surface area contributed by atoms with Crippen molar-refractivity contribution in [2.75, 3.05) is 18.4 Å². The number of rotatable bonds is 2. The minimum Gasteiger partial charge on any atom is -0.324 e. The molecular weight excluding hydrogens is 284 g/mol. The van der Waals surface area contributed by atoms with E-state index in [1.54, 1.807) is 0 Å². The molecule has 0 saturated carbocycles. The molecule has 3 heteroatoms. The van der Waals surface area contributed by atoms with Crippen LogP contribution in [-0.2, 0) is 0 Å². The summed E-state index contributed by atoms with van der Waals surface area (Å²) in [6.07, 6.45) is 1.03. The summed E-state index contributed by atoms with van der Waals surface area (Å²) in [5, 5.41) is 3.02. The van der Waals surface area contributed by atoms with Crippen LogP contribution in [0.2, 0.25) is 0 Å². The van der Waals surface area contributed by atoms with Gasteiger partial charge in [-0.1, -0.05) is 35.9 Å². The first-order valence-corrected chi connectivity index (χ1v) is 8.22.